The van der Waals surface area contributed by atoms with Crippen LogP contribution in [0, 0.1) is 0 Å². The molecule has 1 heterocycles. The van der Waals surface area contributed by atoms with E-state index < -0.39 is 0 Å². The quantitative estimate of drug-likeness (QED) is 0.792. The lowest BCUT2D eigenvalue weighted by molar-refractivity contribution is 0.222. The van der Waals surface area contributed by atoms with Crippen LogP contribution in [0.25, 0.3) is 0 Å². The number of hydrogen-bond acceptors (Lipinski definition) is 6. The summed E-state index contributed by atoms with van der Waals surface area (Å²) in [7, 11) is 0. The van der Waals surface area contributed by atoms with Crippen molar-refractivity contribution in [2.75, 3.05) is 23.9 Å². The molecule has 0 fully saturated rings. The van der Waals surface area contributed by atoms with Gasteiger partial charge in [0.1, 0.15) is 0 Å². The van der Waals surface area contributed by atoms with Crippen LogP contribution < -0.4 is 10.1 Å². The van der Waals surface area contributed by atoms with Crippen molar-refractivity contribution in [2.24, 2.45) is 0 Å². The standard InChI is InChI=1S/C9H15ClN4OS/c1-6(2)15-9-13-7(10)12-8(14-9)11-4-5-16-3/h6H,4-5H2,1-3H3,(H,11,12,13,14). The Kier molecular flexibility index (Phi) is 5.62. The third-order valence-corrected chi connectivity index (χ3v) is 2.30. The SMILES string of the molecule is CSCCNc1nc(Cl)nc(OC(C)C)n1. The third kappa shape index (κ3) is 4.85. The van der Waals surface area contributed by atoms with E-state index in [4.69, 9.17) is 16.3 Å². The normalized spacial score (nSPS) is 10.6. The van der Waals surface area contributed by atoms with E-state index in [1.165, 1.54) is 0 Å². The summed E-state index contributed by atoms with van der Waals surface area (Å²) in [5.74, 6) is 1.42. The first kappa shape index (κ1) is 13.3. The van der Waals surface area contributed by atoms with Crippen LogP contribution in [0.2, 0.25) is 5.28 Å². The van der Waals surface area contributed by atoms with Crippen molar-refractivity contribution in [2.45, 2.75) is 20.0 Å². The third-order valence-electron chi connectivity index (χ3n) is 1.52. The monoisotopic (exact) mass is 262 g/mol. The van der Waals surface area contributed by atoms with Gasteiger partial charge in [0, 0.05) is 12.3 Å². The smallest absolute Gasteiger partial charge is 0.322 e. The van der Waals surface area contributed by atoms with Gasteiger partial charge in [0.25, 0.3) is 0 Å². The zero-order chi connectivity index (χ0) is 12.0. The number of hydrogen-bond donors (Lipinski definition) is 1. The lowest BCUT2D eigenvalue weighted by Gasteiger charge is -2.09. The molecule has 0 saturated carbocycles. The lowest BCUT2D eigenvalue weighted by atomic mass is 10.5. The summed E-state index contributed by atoms with van der Waals surface area (Å²) in [6.07, 6.45) is 2.05. The van der Waals surface area contributed by atoms with Gasteiger partial charge in [0.05, 0.1) is 6.10 Å². The highest BCUT2D eigenvalue weighted by atomic mass is 35.5. The van der Waals surface area contributed by atoms with Gasteiger partial charge in [-0.2, -0.15) is 26.7 Å². The van der Waals surface area contributed by atoms with Crippen molar-refractivity contribution in [1.29, 1.82) is 0 Å². The molecule has 0 aliphatic rings. The number of thioether (sulfide) groups is 1. The average Bonchev–Trinajstić information content (AvgIpc) is 2.16. The number of nitrogens with one attached hydrogen (secondary N) is 1. The van der Waals surface area contributed by atoms with Crippen molar-refractivity contribution in [3.8, 4) is 6.01 Å². The van der Waals surface area contributed by atoms with E-state index in [-0.39, 0.29) is 17.4 Å². The molecule has 0 amide bonds. The molecule has 0 aromatic carbocycles. The Morgan fingerprint density at radius 3 is 2.75 bits per heavy atom. The predicted octanol–water partition coefficient (Wildman–Crippen LogP) is 2.09. The Bertz CT molecular complexity index is 337. The second-order valence-corrected chi connectivity index (χ2v) is 4.62. The van der Waals surface area contributed by atoms with E-state index in [1.807, 2.05) is 20.1 Å². The second kappa shape index (κ2) is 6.75. The van der Waals surface area contributed by atoms with Crippen molar-refractivity contribution in [3.05, 3.63) is 5.28 Å². The molecule has 1 N–H and O–H groups in total. The molecule has 0 unspecified atom stereocenters. The van der Waals surface area contributed by atoms with E-state index >= 15 is 0 Å². The maximum Gasteiger partial charge on any atom is 0.322 e. The Morgan fingerprint density at radius 1 is 1.38 bits per heavy atom. The summed E-state index contributed by atoms with van der Waals surface area (Å²) >= 11 is 7.50. The number of ether oxygens (including phenoxy) is 1. The van der Waals surface area contributed by atoms with Gasteiger partial charge in [-0.1, -0.05) is 0 Å². The molecular formula is C9H15ClN4OS. The molecule has 0 saturated heterocycles. The van der Waals surface area contributed by atoms with E-state index in [0.717, 1.165) is 12.3 Å². The van der Waals surface area contributed by atoms with Crippen LogP contribution in [-0.2, 0) is 0 Å². The molecular weight excluding hydrogens is 248 g/mol. The maximum atomic E-state index is 5.76. The molecule has 0 bridgehead atoms. The molecule has 90 valence electrons. The van der Waals surface area contributed by atoms with Crippen molar-refractivity contribution in [3.63, 3.8) is 0 Å². The zero-order valence-electron chi connectivity index (χ0n) is 9.53. The highest BCUT2D eigenvalue weighted by Gasteiger charge is 2.06. The highest BCUT2D eigenvalue weighted by molar-refractivity contribution is 7.98. The van der Waals surface area contributed by atoms with Crippen LogP contribution in [0.3, 0.4) is 0 Å². The van der Waals surface area contributed by atoms with Crippen LogP contribution in [0.4, 0.5) is 5.95 Å². The molecule has 0 aliphatic carbocycles. The summed E-state index contributed by atoms with van der Waals surface area (Å²) in [5.41, 5.74) is 0. The fourth-order valence-electron chi connectivity index (χ4n) is 0.939. The van der Waals surface area contributed by atoms with Crippen LogP contribution in [-0.4, -0.2) is 39.6 Å². The van der Waals surface area contributed by atoms with E-state index in [9.17, 15) is 0 Å². The van der Waals surface area contributed by atoms with Gasteiger partial charge in [0.15, 0.2) is 0 Å². The second-order valence-electron chi connectivity index (χ2n) is 3.30. The molecule has 1 aromatic heterocycles. The zero-order valence-corrected chi connectivity index (χ0v) is 11.1. The van der Waals surface area contributed by atoms with Gasteiger partial charge in [-0.15, -0.1) is 0 Å². The number of aromatic nitrogens is 3. The van der Waals surface area contributed by atoms with Gasteiger partial charge in [0.2, 0.25) is 11.2 Å². The molecule has 0 radical (unpaired) electrons. The summed E-state index contributed by atoms with van der Waals surface area (Å²) in [5, 5.41) is 3.19. The Labute approximate surface area is 104 Å². The van der Waals surface area contributed by atoms with Gasteiger partial charge in [-0.3, -0.25) is 0 Å². The Morgan fingerprint density at radius 2 is 2.12 bits per heavy atom. The summed E-state index contributed by atoms with van der Waals surface area (Å²) < 4.78 is 5.35. The molecule has 0 aliphatic heterocycles. The molecule has 1 rings (SSSR count). The lowest BCUT2D eigenvalue weighted by Crippen LogP contribution is -2.12. The first-order valence-electron chi connectivity index (χ1n) is 4.93. The van der Waals surface area contributed by atoms with E-state index in [1.54, 1.807) is 11.8 Å². The van der Waals surface area contributed by atoms with Gasteiger partial charge in [-0.25, -0.2) is 0 Å². The fourth-order valence-corrected chi connectivity index (χ4v) is 1.40. The number of nitrogens with zero attached hydrogens (tertiary/aromatic N) is 3. The minimum absolute atomic E-state index is 0.0116. The molecule has 1 aromatic rings. The minimum Gasteiger partial charge on any atom is -0.461 e. The average molecular weight is 263 g/mol. The van der Waals surface area contributed by atoms with Crippen molar-refractivity contribution < 1.29 is 4.74 Å². The summed E-state index contributed by atoms with van der Waals surface area (Å²) in [4.78, 5) is 11.9. The van der Waals surface area contributed by atoms with Crippen molar-refractivity contribution >= 4 is 29.3 Å². The number of rotatable bonds is 6. The predicted molar refractivity (Wildman–Crippen MR) is 67.5 cm³/mol. The van der Waals surface area contributed by atoms with E-state index in [0.29, 0.717) is 5.95 Å². The van der Waals surface area contributed by atoms with E-state index in [2.05, 4.69) is 20.3 Å². The van der Waals surface area contributed by atoms with Crippen LogP contribution in [0.15, 0.2) is 0 Å². The number of halogens is 1. The van der Waals surface area contributed by atoms with Crippen molar-refractivity contribution in [1.82, 2.24) is 15.0 Å². The van der Waals surface area contributed by atoms with Crippen LogP contribution in [0.1, 0.15) is 13.8 Å². The van der Waals surface area contributed by atoms with Gasteiger partial charge in [-0.05, 0) is 31.7 Å². The first-order valence-corrected chi connectivity index (χ1v) is 6.70. The van der Waals surface area contributed by atoms with Gasteiger partial charge >= 0.3 is 6.01 Å². The van der Waals surface area contributed by atoms with Gasteiger partial charge < -0.3 is 10.1 Å². The topological polar surface area (TPSA) is 59.9 Å². The molecule has 0 spiro atoms. The Hall–Kier alpha value is -0.750. The highest BCUT2D eigenvalue weighted by Crippen LogP contribution is 2.12. The summed E-state index contributed by atoms with van der Waals surface area (Å²) in [6.45, 7) is 4.58. The maximum absolute atomic E-state index is 5.76. The fraction of sp³-hybridized carbons (Fsp3) is 0.667. The molecule has 0 atom stereocenters. The van der Waals surface area contributed by atoms with Crippen LogP contribution in [0.5, 0.6) is 6.01 Å². The Balaban J connectivity index is 2.65. The molecule has 16 heavy (non-hydrogen) atoms. The molecule has 5 nitrogen and oxygen atoms in total. The summed E-state index contributed by atoms with van der Waals surface area (Å²) in [6, 6.07) is 0.252. The molecule has 7 heteroatoms. The minimum atomic E-state index is 0.0116. The largest absolute Gasteiger partial charge is 0.461 e. The van der Waals surface area contributed by atoms with Crippen LogP contribution >= 0.6 is 23.4 Å². The number of anilines is 1. The first-order chi connectivity index (χ1) is 7.61.